The summed E-state index contributed by atoms with van der Waals surface area (Å²) in [4.78, 5) is 15.9. The Morgan fingerprint density at radius 2 is 2.22 bits per heavy atom. The van der Waals surface area contributed by atoms with E-state index in [0.29, 0.717) is 11.4 Å². The quantitative estimate of drug-likeness (QED) is 0.862. The summed E-state index contributed by atoms with van der Waals surface area (Å²) in [6.45, 7) is 1.87. The molecule has 1 N–H and O–H groups in total. The van der Waals surface area contributed by atoms with Crippen LogP contribution in [0.5, 0.6) is 0 Å². The summed E-state index contributed by atoms with van der Waals surface area (Å²) < 4.78 is 2.37. The zero-order chi connectivity index (χ0) is 13.3. The predicted molar refractivity (Wildman–Crippen MR) is 72.8 cm³/mol. The molecule has 0 aromatic carbocycles. The van der Waals surface area contributed by atoms with E-state index >= 15 is 0 Å². The summed E-state index contributed by atoms with van der Waals surface area (Å²) in [5.41, 5.74) is 1.68. The van der Waals surface area contributed by atoms with Gasteiger partial charge in [-0.1, -0.05) is 11.6 Å². The van der Waals surface area contributed by atoms with Crippen molar-refractivity contribution in [1.29, 1.82) is 0 Å². The summed E-state index contributed by atoms with van der Waals surface area (Å²) in [7, 11) is 1.78. The molecule has 18 heavy (non-hydrogen) atoms. The van der Waals surface area contributed by atoms with Gasteiger partial charge in [0.1, 0.15) is 0 Å². The average Bonchev–Trinajstić information content (AvgIpc) is 2.64. The number of nitrogens with zero attached hydrogens (tertiary/aromatic N) is 3. The molecule has 94 valence electrons. The molecule has 2 rings (SSSR count). The fraction of sp³-hybridized carbons (Fsp3) is 0.182. The standard InChI is InChI=1S/C11H10BrClN4O/c1-6-3-9(16-17(6)2)11(18)15-8-4-7(12)5-14-10(8)13/h3-5H,1-2H3,(H,15,18). The number of carbonyl (C=O) groups excluding carboxylic acids is 1. The van der Waals surface area contributed by atoms with E-state index in [1.807, 2.05) is 6.92 Å². The highest BCUT2D eigenvalue weighted by Crippen LogP contribution is 2.23. The first-order valence-electron chi connectivity index (χ1n) is 5.10. The number of aromatic nitrogens is 3. The van der Waals surface area contributed by atoms with E-state index in [2.05, 4.69) is 31.3 Å². The van der Waals surface area contributed by atoms with E-state index in [0.717, 1.165) is 10.2 Å². The number of hydrogen-bond donors (Lipinski definition) is 1. The molecule has 0 bridgehead atoms. The highest BCUT2D eigenvalue weighted by molar-refractivity contribution is 9.10. The fourth-order valence-corrected chi connectivity index (χ4v) is 1.85. The first-order valence-corrected chi connectivity index (χ1v) is 6.27. The molecule has 2 aromatic heterocycles. The van der Waals surface area contributed by atoms with Gasteiger partial charge in [0.25, 0.3) is 5.91 Å². The molecule has 0 radical (unpaired) electrons. The molecule has 0 fully saturated rings. The van der Waals surface area contributed by atoms with Crippen LogP contribution in [0.15, 0.2) is 22.8 Å². The molecule has 2 aromatic rings. The molecule has 0 aliphatic rings. The van der Waals surface area contributed by atoms with E-state index in [1.165, 1.54) is 0 Å². The Bertz CT molecular complexity index is 592. The lowest BCUT2D eigenvalue weighted by atomic mass is 10.3. The van der Waals surface area contributed by atoms with Crippen LogP contribution in [-0.4, -0.2) is 20.7 Å². The number of pyridine rings is 1. The highest BCUT2D eigenvalue weighted by Gasteiger charge is 2.13. The normalized spacial score (nSPS) is 10.4. The monoisotopic (exact) mass is 328 g/mol. The molecule has 7 heteroatoms. The number of nitrogens with one attached hydrogen (secondary N) is 1. The second kappa shape index (κ2) is 5.07. The molecule has 0 aliphatic carbocycles. The summed E-state index contributed by atoms with van der Waals surface area (Å²) in [6.07, 6.45) is 1.56. The van der Waals surface area contributed by atoms with E-state index in [-0.39, 0.29) is 11.1 Å². The lowest BCUT2D eigenvalue weighted by Gasteiger charge is -2.05. The van der Waals surface area contributed by atoms with Crippen molar-refractivity contribution >= 4 is 39.1 Å². The lowest BCUT2D eigenvalue weighted by molar-refractivity contribution is 0.102. The molecule has 0 saturated carbocycles. The van der Waals surface area contributed by atoms with Crippen LogP contribution in [-0.2, 0) is 7.05 Å². The van der Waals surface area contributed by atoms with Gasteiger partial charge in [0, 0.05) is 23.4 Å². The molecule has 0 unspecified atom stereocenters. The van der Waals surface area contributed by atoms with Gasteiger partial charge in [0.2, 0.25) is 0 Å². The lowest BCUT2D eigenvalue weighted by Crippen LogP contribution is -2.13. The Hall–Kier alpha value is -1.40. The van der Waals surface area contributed by atoms with Gasteiger partial charge in [0.15, 0.2) is 10.8 Å². The average molecular weight is 330 g/mol. The van der Waals surface area contributed by atoms with E-state index in [4.69, 9.17) is 11.6 Å². The van der Waals surface area contributed by atoms with Gasteiger partial charge >= 0.3 is 0 Å². The summed E-state index contributed by atoms with van der Waals surface area (Å²) >= 11 is 9.16. The smallest absolute Gasteiger partial charge is 0.276 e. The third-order valence-electron chi connectivity index (χ3n) is 2.40. The van der Waals surface area contributed by atoms with Gasteiger partial charge in [0.05, 0.1) is 5.69 Å². The zero-order valence-electron chi connectivity index (χ0n) is 9.74. The molecular weight excluding hydrogens is 320 g/mol. The third-order valence-corrected chi connectivity index (χ3v) is 3.14. The van der Waals surface area contributed by atoms with Crippen molar-refractivity contribution in [3.8, 4) is 0 Å². The van der Waals surface area contributed by atoms with Gasteiger partial charge in [-0.3, -0.25) is 9.48 Å². The van der Waals surface area contributed by atoms with Crippen LogP contribution < -0.4 is 5.32 Å². The second-order valence-corrected chi connectivity index (χ2v) is 5.01. The van der Waals surface area contributed by atoms with Gasteiger partial charge < -0.3 is 5.32 Å². The topological polar surface area (TPSA) is 59.8 Å². The van der Waals surface area contributed by atoms with Crippen LogP contribution in [0.2, 0.25) is 5.15 Å². The minimum absolute atomic E-state index is 0.235. The maximum Gasteiger partial charge on any atom is 0.276 e. The van der Waals surface area contributed by atoms with Crippen molar-refractivity contribution in [1.82, 2.24) is 14.8 Å². The largest absolute Gasteiger partial charge is 0.318 e. The predicted octanol–water partition coefficient (Wildman–Crippen LogP) is 2.79. The van der Waals surface area contributed by atoms with Crippen molar-refractivity contribution in [3.05, 3.63) is 39.3 Å². The number of halogens is 2. The number of carbonyl (C=O) groups is 1. The molecule has 2 heterocycles. The van der Waals surface area contributed by atoms with Crippen LogP contribution in [0.4, 0.5) is 5.69 Å². The zero-order valence-corrected chi connectivity index (χ0v) is 12.1. The Balaban J connectivity index is 2.23. The second-order valence-electron chi connectivity index (χ2n) is 3.74. The van der Waals surface area contributed by atoms with Crippen molar-refractivity contribution in [2.24, 2.45) is 7.05 Å². The maximum absolute atomic E-state index is 12.0. The van der Waals surface area contributed by atoms with Crippen LogP contribution in [0.1, 0.15) is 16.2 Å². The molecular formula is C11H10BrClN4O. The molecule has 1 amide bonds. The minimum atomic E-state index is -0.319. The summed E-state index contributed by atoms with van der Waals surface area (Å²) in [5.74, 6) is -0.319. The SMILES string of the molecule is Cc1cc(C(=O)Nc2cc(Br)cnc2Cl)nn1C. The maximum atomic E-state index is 12.0. The van der Waals surface area contributed by atoms with Crippen molar-refractivity contribution < 1.29 is 4.79 Å². The van der Waals surface area contributed by atoms with Crippen LogP contribution in [0.3, 0.4) is 0 Å². The van der Waals surface area contributed by atoms with Gasteiger partial charge in [-0.05, 0) is 35.0 Å². The highest BCUT2D eigenvalue weighted by atomic mass is 79.9. The summed E-state index contributed by atoms with van der Waals surface area (Å²) in [5, 5.41) is 6.99. The van der Waals surface area contributed by atoms with Crippen molar-refractivity contribution in [2.45, 2.75) is 6.92 Å². The van der Waals surface area contributed by atoms with Crippen LogP contribution in [0.25, 0.3) is 0 Å². The Kier molecular flexibility index (Phi) is 3.68. The van der Waals surface area contributed by atoms with Crippen LogP contribution >= 0.6 is 27.5 Å². The number of hydrogen-bond acceptors (Lipinski definition) is 3. The molecule has 0 aliphatic heterocycles. The first kappa shape index (κ1) is 13.0. The van der Waals surface area contributed by atoms with Gasteiger partial charge in [-0.25, -0.2) is 4.98 Å². The number of anilines is 1. The van der Waals surface area contributed by atoms with Gasteiger partial charge in [-0.15, -0.1) is 0 Å². The molecule has 0 atom stereocenters. The van der Waals surface area contributed by atoms with Gasteiger partial charge in [-0.2, -0.15) is 5.10 Å². The first-order chi connectivity index (χ1) is 8.47. The number of rotatable bonds is 2. The number of amides is 1. The van der Waals surface area contributed by atoms with E-state index < -0.39 is 0 Å². The molecule has 0 saturated heterocycles. The third kappa shape index (κ3) is 2.70. The Morgan fingerprint density at radius 3 is 2.83 bits per heavy atom. The Morgan fingerprint density at radius 1 is 1.50 bits per heavy atom. The minimum Gasteiger partial charge on any atom is -0.318 e. The fourth-order valence-electron chi connectivity index (χ4n) is 1.37. The molecule has 5 nitrogen and oxygen atoms in total. The Labute approximate surface area is 117 Å². The van der Waals surface area contributed by atoms with Crippen molar-refractivity contribution in [3.63, 3.8) is 0 Å². The molecule has 0 spiro atoms. The van der Waals surface area contributed by atoms with E-state index in [9.17, 15) is 4.79 Å². The summed E-state index contributed by atoms with van der Waals surface area (Å²) in [6, 6.07) is 3.39. The number of aryl methyl sites for hydroxylation is 2. The van der Waals surface area contributed by atoms with Crippen molar-refractivity contribution in [2.75, 3.05) is 5.32 Å². The van der Waals surface area contributed by atoms with Crippen LogP contribution in [0, 0.1) is 6.92 Å². The van der Waals surface area contributed by atoms with E-state index in [1.54, 1.807) is 30.1 Å².